The van der Waals surface area contributed by atoms with Gasteiger partial charge in [0.1, 0.15) is 0 Å². The first-order valence-corrected chi connectivity index (χ1v) is 9.01. The lowest BCUT2D eigenvalue weighted by atomic mass is 10.1. The van der Waals surface area contributed by atoms with Crippen LogP contribution in [0.3, 0.4) is 0 Å². The lowest BCUT2D eigenvalue weighted by Crippen LogP contribution is -2.33. The molecule has 1 amide bonds. The second-order valence-corrected chi connectivity index (χ2v) is 6.60. The molecule has 1 rings (SSSR count). The van der Waals surface area contributed by atoms with E-state index in [-0.39, 0.29) is 5.91 Å². The minimum atomic E-state index is 0.0941. The van der Waals surface area contributed by atoms with Crippen LogP contribution in [0.4, 0.5) is 0 Å². The summed E-state index contributed by atoms with van der Waals surface area (Å²) < 4.78 is 0.823. The van der Waals surface area contributed by atoms with E-state index in [1.807, 2.05) is 17.0 Å². The highest BCUT2D eigenvalue weighted by Gasteiger charge is 2.16. The maximum Gasteiger partial charge on any atom is 0.253 e. The van der Waals surface area contributed by atoms with E-state index in [0.29, 0.717) is 10.6 Å². The summed E-state index contributed by atoms with van der Waals surface area (Å²) in [5.41, 5.74) is 0.677. The van der Waals surface area contributed by atoms with Gasteiger partial charge in [-0.15, -0.1) is 0 Å². The highest BCUT2D eigenvalue weighted by molar-refractivity contribution is 9.10. The van der Waals surface area contributed by atoms with Crippen LogP contribution in [-0.2, 0) is 0 Å². The first-order valence-electron chi connectivity index (χ1n) is 7.84. The third-order valence-electron chi connectivity index (χ3n) is 3.52. The van der Waals surface area contributed by atoms with Crippen LogP contribution in [0.15, 0.2) is 22.7 Å². The quantitative estimate of drug-likeness (QED) is 0.491. The van der Waals surface area contributed by atoms with Crippen LogP contribution in [0.1, 0.15) is 62.7 Å². The van der Waals surface area contributed by atoms with Crippen LogP contribution in [0.5, 0.6) is 0 Å². The van der Waals surface area contributed by atoms with Crippen LogP contribution < -0.4 is 0 Å². The van der Waals surface area contributed by atoms with Crippen molar-refractivity contribution in [3.63, 3.8) is 0 Å². The number of hydrogen-bond donors (Lipinski definition) is 0. The fraction of sp³-hybridized carbons (Fsp3) is 0.588. The van der Waals surface area contributed by atoms with Gasteiger partial charge in [0, 0.05) is 23.1 Å². The molecule has 1 aromatic carbocycles. The van der Waals surface area contributed by atoms with E-state index < -0.39 is 0 Å². The number of rotatable bonds is 9. The SMILES string of the molecule is CCCCCN(CCCCC)C(=O)c1ccc(Br)c(Cl)c1. The molecule has 0 fully saturated rings. The van der Waals surface area contributed by atoms with Crippen molar-refractivity contribution in [2.75, 3.05) is 13.1 Å². The predicted molar refractivity (Wildman–Crippen MR) is 94.1 cm³/mol. The number of nitrogens with zero attached hydrogens (tertiary/aromatic N) is 1. The first kappa shape index (κ1) is 18.5. The first-order chi connectivity index (χ1) is 10.1. The molecule has 0 bridgehead atoms. The van der Waals surface area contributed by atoms with E-state index in [4.69, 9.17) is 11.6 Å². The van der Waals surface area contributed by atoms with Crippen LogP contribution in [0.25, 0.3) is 0 Å². The zero-order valence-electron chi connectivity index (χ0n) is 13.0. The van der Waals surface area contributed by atoms with Gasteiger partial charge in [0.25, 0.3) is 5.91 Å². The molecule has 0 unspecified atom stereocenters. The fourth-order valence-corrected chi connectivity index (χ4v) is 2.66. The molecule has 0 heterocycles. The Morgan fingerprint density at radius 3 is 2.14 bits per heavy atom. The Kier molecular flexibility index (Phi) is 9.02. The third-order valence-corrected chi connectivity index (χ3v) is 4.75. The molecule has 21 heavy (non-hydrogen) atoms. The summed E-state index contributed by atoms with van der Waals surface area (Å²) in [5.74, 6) is 0.0941. The summed E-state index contributed by atoms with van der Waals surface area (Å²) in [5, 5.41) is 0.586. The van der Waals surface area contributed by atoms with E-state index in [0.717, 1.165) is 30.4 Å². The summed E-state index contributed by atoms with van der Waals surface area (Å²) in [6.45, 7) is 6.03. The van der Waals surface area contributed by atoms with Gasteiger partial charge in [-0.3, -0.25) is 4.79 Å². The fourth-order valence-electron chi connectivity index (χ4n) is 2.23. The summed E-state index contributed by atoms with van der Waals surface area (Å²) in [6, 6.07) is 5.43. The monoisotopic (exact) mass is 373 g/mol. The molecule has 0 saturated carbocycles. The topological polar surface area (TPSA) is 20.3 Å². The zero-order chi connectivity index (χ0) is 15.7. The van der Waals surface area contributed by atoms with Crippen LogP contribution in [-0.4, -0.2) is 23.9 Å². The maximum absolute atomic E-state index is 12.6. The molecule has 0 aromatic heterocycles. The average Bonchev–Trinajstić information content (AvgIpc) is 2.48. The second kappa shape index (κ2) is 10.2. The number of carbonyl (C=O) groups is 1. The molecule has 1 aromatic rings. The molecule has 4 heteroatoms. The summed E-state index contributed by atoms with van der Waals surface area (Å²) in [7, 11) is 0. The van der Waals surface area contributed by atoms with Gasteiger partial charge in [0.2, 0.25) is 0 Å². The van der Waals surface area contributed by atoms with E-state index in [2.05, 4.69) is 29.8 Å². The minimum Gasteiger partial charge on any atom is -0.339 e. The Bertz CT molecular complexity index is 440. The van der Waals surface area contributed by atoms with Crippen molar-refractivity contribution < 1.29 is 4.79 Å². The van der Waals surface area contributed by atoms with Crippen molar-refractivity contribution in [3.05, 3.63) is 33.3 Å². The van der Waals surface area contributed by atoms with Gasteiger partial charge in [-0.05, 0) is 47.0 Å². The van der Waals surface area contributed by atoms with Crippen molar-refractivity contribution >= 4 is 33.4 Å². The van der Waals surface area contributed by atoms with Crippen molar-refractivity contribution in [3.8, 4) is 0 Å². The van der Waals surface area contributed by atoms with Gasteiger partial charge in [0.15, 0.2) is 0 Å². The molecule has 0 spiro atoms. The Morgan fingerprint density at radius 1 is 1.10 bits per heavy atom. The lowest BCUT2D eigenvalue weighted by molar-refractivity contribution is 0.0749. The Morgan fingerprint density at radius 2 is 1.67 bits per heavy atom. The van der Waals surface area contributed by atoms with Gasteiger partial charge < -0.3 is 4.90 Å². The van der Waals surface area contributed by atoms with Gasteiger partial charge in [0.05, 0.1) is 5.02 Å². The Balaban J connectivity index is 2.73. The lowest BCUT2D eigenvalue weighted by Gasteiger charge is -2.23. The molecule has 0 aliphatic heterocycles. The van der Waals surface area contributed by atoms with Crippen molar-refractivity contribution in [2.45, 2.75) is 52.4 Å². The molecular weight excluding hydrogens is 350 g/mol. The standard InChI is InChI=1S/C17H25BrClNO/c1-3-5-7-11-20(12-8-6-4-2)17(21)14-9-10-15(18)16(19)13-14/h9-10,13H,3-8,11-12H2,1-2H3. The van der Waals surface area contributed by atoms with Gasteiger partial charge >= 0.3 is 0 Å². The smallest absolute Gasteiger partial charge is 0.253 e. The van der Waals surface area contributed by atoms with E-state index in [1.165, 1.54) is 25.7 Å². The molecule has 0 aliphatic rings. The zero-order valence-corrected chi connectivity index (χ0v) is 15.3. The van der Waals surface area contributed by atoms with Gasteiger partial charge in [-0.2, -0.15) is 0 Å². The van der Waals surface area contributed by atoms with Crippen molar-refractivity contribution in [1.29, 1.82) is 0 Å². The van der Waals surface area contributed by atoms with Crippen LogP contribution in [0, 0.1) is 0 Å². The number of amides is 1. The number of benzene rings is 1. The van der Waals surface area contributed by atoms with Crippen LogP contribution >= 0.6 is 27.5 Å². The van der Waals surface area contributed by atoms with Gasteiger partial charge in [-0.25, -0.2) is 0 Å². The molecular formula is C17H25BrClNO. The van der Waals surface area contributed by atoms with E-state index in [9.17, 15) is 4.79 Å². The second-order valence-electron chi connectivity index (χ2n) is 5.34. The molecule has 0 atom stereocenters. The number of unbranched alkanes of at least 4 members (excludes halogenated alkanes) is 4. The predicted octanol–water partition coefficient (Wildman–Crippen LogP) is 5.93. The Hall–Kier alpha value is -0.540. The largest absolute Gasteiger partial charge is 0.339 e. The number of hydrogen-bond acceptors (Lipinski definition) is 1. The third kappa shape index (κ3) is 6.39. The van der Waals surface area contributed by atoms with Crippen molar-refractivity contribution in [2.24, 2.45) is 0 Å². The summed E-state index contributed by atoms with van der Waals surface area (Å²) >= 11 is 9.46. The number of halogens is 2. The Labute approximate surface area is 142 Å². The van der Waals surface area contributed by atoms with Gasteiger partial charge in [-0.1, -0.05) is 51.1 Å². The molecule has 0 radical (unpaired) electrons. The highest BCUT2D eigenvalue weighted by atomic mass is 79.9. The molecule has 2 nitrogen and oxygen atoms in total. The number of carbonyl (C=O) groups excluding carboxylic acids is 1. The maximum atomic E-state index is 12.6. The average molecular weight is 375 g/mol. The molecule has 118 valence electrons. The van der Waals surface area contributed by atoms with Crippen molar-refractivity contribution in [1.82, 2.24) is 4.90 Å². The summed E-state index contributed by atoms with van der Waals surface area (Å²) in [6.07, 6.45) is 6.80. The molecule has 0 aliphatic carbocycles. The minimum absolute atomic E-state index is 0.0941. The van der Waals surface area contributed by atoms with E-state index in [1.54, 1.807) is 6.07 Å². The van der Waals surface area contributed by atoms with Crippen LogP contribution in [0.2, 0.25) is 5.02 Å². The summed E-state index contributed by atoms with van der Waals surface area (Å²) in [4.78, 5) is 14.6. The molecule has 0 saturated heterocycles. The highest BCUT2D eigenvalue weighted by Crippen LogP contribution is 2.24. The normalized spacial score (nSPS) is 10.7. The molecule has 0 N–H and O–H groups in total. The van der Waals surface area contributed by atoms with E-state index >= 15 is 0 Å².